The molecule has 0 saturated carbocycles. The van der Waals surface area contributed by atoms with E-state index in [1.165, 1.54) is 0 Å². The second kappa shape index (κ2) is 5.89. The van der Waals surface area contributed by atoms with Crippen LogP contribution in [0.4, 0.5) is 0 Å². The first kappa shape index (κ1) is 12.2. The lowest BCUT2D eigenvalue weighted by molar-refractivity contribution is -0.139. The van der Waals surface area contributed by atoms with Crippen LogP contribution in [0.5, 0.6) is 0 Å². The Hall–Kier alpha value is -1.86. The van der Waals surface area contributed by atoms with Crippen molar-refractivity contribution >= 4 is 5.97 Å². The zero-order valence-electron chi connectivity index (χ0n) is 9.10. The third-order valence-corrected chi connectivity index (χ3v) is 2.36. The molecule has 0 bridgehead atoms. The van der Waals surface area contributed by atoms with Gasteiger partial charge in [0.15, 0.2) is 0 Å². The topological polar surface area (TPSA) is 73.1 Å². The summed E-state index contributed by atoms with van der Waals surface area (Å²) in [6.45, 7) is 0. The predicted octanol–water partition coefficient (Wildman–Crippen LogP) is 0.968. The normalized spacial score (nSPS) is 11.8. The average molecular weight is 218 g/mol. The summed E-state index contributed by atoms with van der Waals surface area (Å²) < 4.78 is 0. The molecule has 2 N–H and O–H groups in total. The number of aliphatic carboxylic acids is 1. The van der Waals surface area contributed by atoms with Crippen molar-refractivity contribution in [3.63, 3.8) is 0 Å². The number of hydrogen-bond donors (Lipinski definition) is 2. The van der Waals surface area contributed by atoms with Crippen LogP contribution in [0.3, 0.4) is 0 Å². The first-order chi connectivity index (χ1) is 7.67. The number of carbonyl (C=O) groups is 1. The molecule has 0 fully saturated rings. The van der Waals surface area contributed by atoms with Crippen molar-refractivity contribution in [2.24, 2.45) is 0 Å². The van der Waals surface area contributed by atoms with E-state index in [1.807, 2.05) is 24.3 Å². The van der Waals surface area contributed by atoms with Gasteiger partial charge in [0.05, 0.1) is 12.5 Å². The van der Waals surface area contributed by atoms with Gasteiger partial charge in [0.2, 0.25) is 0 Å². The fourth-order valence-corrected chi connectivity index (χ4v) is 1.51. The lowest BCUT2D eigenvalue weighted by Gasteiger charge is -2.11. The van der Waals surface area contributed by atoms with Crippen LogP contribution in [0.2, 0.25) is 0 Å². The summed E-state index contributed by atoms with van der Waals surface area (Å²) in [4.78, 5) is 10.8. The van der Waals surface area contributed by atoms with Crippen molar-refractivity contribution in [3.05, 3.63) is 35.4 Å². The number of nitrogens with one attached hydrogen (secondary N) is 1. The largest absolute Gasteiger partial charge is 0.480 e. The maximum absolute atomic E-state index is 10.8. The molecule has 0 aliphatic carbocycles. The third-order valence-electron chi connectivity index (χ3n) is 2.36. The van der Waals surface area contributed by atoms with Crippen molar-refractivity contribution in [1.82, 2.24) is 5.32 Å². The van der Waals surface area contributed by atoms with E-state index in [2.05, 4.69) is 11.4 Å². The van der Waals surface area contributed by atoms with E-state index in [9.17, 15) is 4.79 Å². The summed E-state index contributed by atoms with van der Waals surface area (Å²) in [5.41, 5.74) is 1.84. The number of carboxylic acids is 1. The zero-order valence-corrected chi connectivity index (χ0v) is 9.10. The van der Waals surface area contributed by atoms with Crippen LogP contribution in [0, 0.1) is 11.3 Å². The minimum atomic E-state index is -0.867. The van der Waals surface area contributed by atoms with Gasteiger partial charge in [0.1, 0.15) is 6.04 Å². The van der Waals surface area contributed by atoms with Crippen LogP contribution in [-0.4, -0.2) is 24.2 Å². The summed E-state index contributed by atoms with van der Waals surface area (Å²) >= 11 is 0. The molecular weight excluding hydrogens is 204 g/mol. The Morgan fingerprint density at radius 1 is 1.56 bits per heavy atom. The highest BCUT2D eigenvalue weighted by Gasteiger charge is 2.15. The summed E-state index contributed by atoms with van der Waals surface area (Å²) in [7, 11) is 1.62. The predicted molar refractivity (Wildman–Crippen MR) is 59.9 cm³/mol. The Morgan fingerprint density at radius 2 is 2.25 bits per heavy atom. The smallest absolute Gasteiger partial charge is 0.321 e. The van der Waals surface area contributed by atoms with E-state index in [4.69, 9.17) is 10.4 Å². The van der Waals surface area contributed by atoms with Crippen LogP contribution < -0.4 is 5.32 Å². The van der Waals surface area contributed by atoms with Crippen molar-refractivity contribution in [3.8, 4) is 6.07 Å². The molecule has 0 amide bonds. The van der Waals surface area contributed by atoms with Gasteiger partial charge < -0.3 is 10.4 Å². The van der Waals surface area contributed by atoms with Gasteiger partial charge in [0, 0.05) is 0 Å². The van der Waals surface area contributed by atoms with Crippen LogP contribution in [0.1, 0.15) is 11.1 Å². The zero-order chi connectivity index (χ0) is 12.0. The van der Waals surface area contributed by atoms with E-state index in [-0.39, 0.29) is 0 Å². The summed E-state index contributed by atoms with van der Waals surface area (Å²) in [5, 5.41) is 20.2. The Kier molecular flexibility index (Phi) is 4.49. The fourth-order valence-electron chi connectivity index (χ4n) is 1.51. The number of nitriles is 1. The lowest BCUT2D eigenvalue weighted by atomic mass is 10.0. The number of carboxylic acid groups (broad SMARTS) is 1. The van der Waals surface area contributed by atoms with Crippen LogP contribution in [0.15, 0.2) is 24.3 Å². The van der Waals surface area contributed by atoms with Crippen LogP contribution >= 0.6 is 0 Å². The Bertz CT molecular complexity index is 410. The maximum Gasteiger partial charge on any atom is 0.321 e. The fraction of sp³-hybridized carbons (Fsp3) is 0.333. The average Bonchev–Trinajstić information content (AvgIpc) is 2.26. The molecule has 0 spiro atoms. The molecule has 0 radical (unpaired) electrons. The Balaban J connectivity index is 2.77. The van der Waals surface area contributed by atoms with Crippen molar-refractivity contribution < 1.29 is 9.90 Å². The molecule has 0 aliphatic heterocycles. The molecule has 0 aliphatic rings. The van der Waals surface area contributed by atoms with Gasteiger partial charge in [0.25, 0.3) is 0 Å². The minimum Gasteiger partial charge on any atom is -0.480 e. The lowest BCUT2D eigenvalue weighted by Crippen LogP contribution is -2.35. The summed E-state index contributed by atoms with van der Waals surface area (Å²) in [6, 6.07) is 8.93. The van der Waals surface area contributed by atoms with Gasteiger partial charge in [-0.05, 0) is 24.6 Å². The quantitative estimate of drug-likeness (QED) is 0.772. The summed E-state index contributed by atoms with van der Waals surface area (Å²) in [5.74, 6) is -0.867. The first-order valence-electron chi connectivity index (χ1n) is 5.02. The molecule has 84 valence electrons. The first-order valence-corrected chi connectivity index (χ1v) is 5.02. The number of nitrogens with zero attached hydrogens (tertiary/aromatic N) is 1. The highest BCUT2D eigenvalue weighted by Crippen LogP contribution is 2.08. The third kappa shape index (κ3) is 3.37. The SMILES string of the molecule is CN[C@@H](Cc1cccc(CC#N)c1)C(=O)O. The van der Waals surface area contributed by atoms with Crippen LogP contribution in [-0.2, 0) is 17.6 Å². The van der Waals surface area contributed by atoms with Crippen molar-refractivity contribution in [1.29, 1.82) is 5.26 Å². The van der Waals surface area contributed by atoms with Gasteiger partial charge in [-0.1, -0.05) is 24.3 Å². The molecule has 1 aromatic carbocycles. The second-order valence-electron chi connectivity index (χ2n) is 3.54. The number of benzene rings is 1. The number of likely N-dealkylation sites (N-methyl/N-ethyl adjacent to an activating group) is 1. The molecule has 0 unspecified atom stereocenters. The molecule has 0 saturated heterocycles. The minimum absolute atomic E-state index is 0.352. The molecule has 16 heavy (non-hydrogen) atoms. The van der Waals surface area contributed by atoms with Gasteiger partial charge in [-0.2, -0.15) is 5.26 Å². The van der Waals surface area contributed by atoms with Crippen molar-refractivity contribution in [2.45, 2.75) is 18.9 Å². The maximum atomic E-state index is 10.8. The molecule has 1 aromatic rings. The molecule has 4 heteroatoms. The van der Waals surface area contributed by atoms with Crippen LogP contribution in [0.25, 0.3) is 0 Å². The van der Waals surface area contributed by atoms with Gasteiger partial charge in [-0.25, -0.2) is 0 Å². The molecule has 4 nitrogen and oxygen atoms in total. The van der Waals surface area contributed by atoms with Gasteiger partial charge in [-0.15, -0.1) is 0 Å². The van der Waals surface area contributed by atoms with Crippen molar-refractivity contribution in [2.75, 3.05) is 7.05 Å². The number of rotatable bonds is 5. The highest BCUT2D eigenvalue weighted by atomic mass is 16.4. The molecule has 1 rings (SSSR count). The highest BCUT2D eigenvalue weighted by molar-refractivity contribution is 5.73. The van der Waals surface area contributed by atoms with E-state index >= 15 is 0 Å². The van der Waals surface area contributed by atoms with Gasteiger partial charge >= 0.3 is 5.97 Å². The molecule has 1 atom stereocenters. The Labute approximate surface area is 94.5 Å². The monoisotopic (exact) mass is 218 g/mol. The Morgan fingerprint density at radius 3 is 2.81 bits per heavy atom. The van der Waals surface area contributed by atoms with E-state index in [0.29, 0.717) is 12.8 Å². The molecular formula is C12H14N2O2. The number of hydrogen-bond acceptors (Lipinski definition) is 3. The van der Waals surface area contributed by atoms with E-state index in [1.54, 1.807) is 7.05 Å². The van der Waals surface area contributed by atoms with E-state index in [0.717, 1.165) is 11.1 Å². The molecule has 0 aromatic heterocycles. The molecule has 0 heterocycles. The standard InChI is InChI=1S/C12H14N2O2/c1-14-11(12(15)16)8-10-4-2-3-9(7-10)5-6-13/h2-4,7,11,14H,5,8H2,1H3,(H,15,16)/t11-/m0/s1. The second-order valence-corrected chi connectivity index (χ2v) is 3.54. The van der Waals surface area contributed by atoms with E-state index < -0.39 is 12.0 Å². The summed E-state index contributed by atoms with van der Waals surface area (Å²) in [6.07, 6.45) is 0.774. The van der Waals surface area contributed by atoms with Gasteiger partial charge in [-0.3, -0.25) is 4.79 Å².